The van der Waals surface area contributed by atoms with Crippen LogP contribution in [0.2, 0.25) is 0 Å². The predicted octanol–water partition coefficient (Wildman–Crippen LogP) is 1.39. The van der Waals surface area contributed by atoms with Gasteiger partial charge in [-0.3, -0.25) is 9.59 Å². The summed E-state index contributed by atoms with van der Waals surface area (Å²) >= 11 is 0. The van der Waals surface area contributed by atoms with E-state index in [0.29, 0.717) is 18.5 Å². The second-order valence-corrected chi connectivity index (χ2v) is 7.78. The largest absolute Gasteiger partial charge is 0.352 e. The lowest BCUT2D eigenvalue weighted by atomic mass is 10.0. The minimum Gasteiger partial charge on any atom is -0.352 e. The Morgan fingerprint density at radius 1 is 1.23 bits per heavy atom. The van der Waals surface area contributed by atoms with Crippen molar-refractivity contribution in [3.05, 3.63) is 35.4 Å². The number of amides is 2. The van der Waals surface area contributed by atoms with Gasteiger partial charge < -0.3 is 15.1 Å². The van der Waals surface area contributed by atoms with Gasteiger partial charge in [0, 0.05) is 38.0 Å². The third kappa shape index (κ3) is 5.07. The monoisotopic (exact) mass is 358 g/mol. The lowest BCUT2D eigenvalue weighted by Crippen LogP contribution is -3.16. The van der Waals surface area contributed by atoms with Crippen molar-refractivity contribution in [1.29, 1.82) is 0 Å². The highest BCUT2D eigenvalue weighted by Crippen LogP contribution is 2.14. The fourth-order valence-electron chi connectivity index (χ4n) is 4.10. The molecule has 1 unspecified atom stereocenters. The summed E-state index contributed by atoms with van der Waals surface area (Å²) in [6, 6.07) is 8.40. The number of carbonyl (C=O) groups is 2. The number of quaternary nitrogens is 1. The third-order valence-corrected chi connectivity index (χ3v) is 5.80. The Morgan fingerprint density at radius 2 is 2.04 bits per heavy atom. The van der Waals surface area contributed by atoms with E-state index in [1.165, 1.54) is 25.8 Å². The molecule has 1 aromatic carbocycles. The lowest BCUT2D eigenvalue weighted by molar-refractivity contribution is -0.928. The van der Waals surface area contributed by atoms with E-state index in [2.05, 4.69) is 12.2 Å². The first-order valence-corrected chi connectivity index (χ1v) is 10.1. The van der Waals surface area contributed by atoms with Gasteiger partial charge in [-0.05, 0) is 50.3 Å². The Bertz CT molecular complexity index is 614. The van der Waals surface area contributed by atoms with E-state index in [1.54, 1.807) is 4.90 Å². The van der Waals surface area contributed by atoms with Crippen LogP contribution in [0.25, 0.3) is 0 Å². The smallest absolute Gasteiger partial charge is 0.251 e. The maximum atomic E-state index is 12.3. The van der Waals surface area contributed by atoms with Crippen LogP contribution in [0, 0.1) is 0 Å². The molecule has 5 heteroatoms. The molecule has 0 spiro atoms. The van der Waals surface area contributed by atoms with Gasteiger partial charge >= 0.3 is 0 Å². The van der Waals surface area contributed by atoms with Gasteiger partial charge in [0.25, 0.3) is 5.91 Å². The molecule has 0 radical (unpaired) electrons. The number of rotatable bonds is 7. The molecule has 2 aliphatic heterocycles. The van der Waals surface area contributed by atoms with Crippen molar-refractivity contribution < 1.29 is 14.5 Å². The molecule has 0 bridgehead atoms. The Labute approximate surface area is 156 Å². The summed E-state index contributed by atoms with van der Waals surface area (Å²) in [6.07, 6.45) is 6.68. The third-order valence-electron chi connectivity index (χ3n) is 5.80. The molecule has 0 aromatic heterocycles. The molecule has 2 saturated heterocycles. The Kier molecular flexibility index (Phi) is 6.67. The van der Waals surface area contributed by atoms with Crippen molar-refractivity contribution in [2.75, 3.05) is 26.2 Å². The highest BCUT2D eigenvalue weighted by atomic mass is 16.2. The predicted molar refractivity (Wildman–Crippen MR) is 102 cm³/mol. The van der Waals surface area contributed by atoms with Gasteiger partial charge in [0.1, 0.15) is 0 Å². The average Bonchev–Trinajstić information content (AvgIpc) is 3.05. The molecule has 0 aliphatic carbocycles. The van der Waals surface area contributed by atoms with Crippen molar-refractivity contribution in [2.24, 2.45) is 0 Å². The zero-order valence-corrected chi connectivity index (χ0v) is 15.9. The van der Waals surface area contributed by atoms with E-state index in [-0.39, 0.29) is 11.8 Å². The summed E-state index contributed by atoms with van der Waals surface area (Å²) in [5, 5.41) is 3.04. The van der Waals surface area contributed by atoms with Gasteiger partial charge in [0.05, 0.1) is 19.1 Å². The van der Waals surface area contributed by atoms with Crippen molar-refractivity contribution in [3.63, 3.8) is 0 Å². The molecular formula is C21H32N3O2+. The van der Waals surface area contributed by atoms with Gasteiger partial charge in [-0.25, -0.2) is 0 Å². The van der Waals surface area contributed by atoms with E-state index in [9.17, 15) is 9.59 Å². The Morgan fingerprint density at radius 3 is 2.73 bits per heavy atom. The SMILES string of the molecule is C[C@H]1CCCC[NH+]1CCCNC(=O)c1ccc(CN2CCCC2=O)cc1. The summed E-state index contributed by atoms with van der Waals surface area (Å²) < 4.78 is 0. The summed E-state index contributed by atoms with van der Waals surface area (Å²) in [6.45, 7) is 6.99. The van der Waals surface area contributed by atoms with E-state index >= 15 is 0 Å². The zero-order chi connectivity index (χ0) is 18.4. The second kappa shape index (κ2) is 9.17. The molecule has 26 heavy (non-hydrogen) atoms. The zero-order valence-electron chi connectivity index (χ0n) is 15.9. The van der Waals surface area contributed by atoms with Gasteiger partial charge in [-0.2, -0.15) is 0 Å². The topological polar surface area (TPSA) is 53.9 Å². The van der Waals surface area contributed by atoms with Crippen molar-refractivity contribution in [3.8, 4) is 0 Å². The minimum atomic E-state index is -0.00417. The van der Waals surface area contributed by atoms with E-state index < -0.39 is 0 Å². The first-order valence-electron chi connectivity index (χ1n) is 10.1. The summed E-state index contributed by atoms with van der Waals surface area (Å²) in [4.78, 5) is 27.6. The van der Waals surface area contributed by atoms with E-state index in [1.807, 2.05) is 29.2 Å². The number of likely N-dealkylation sites (tertiary alicyclic amines) is 2. The van der Waals surface area contributed by atoms with Crippen molar-refractivity contribution in [2.45, 2.75) is 58.0 Å². The van der Waals surface area contributed by atoms with Gasteiger partial charge in [-0.1, -0.05) is 12.1 Å². The molecule has 2 heterocycles. The van der Waals surface area contributed by atoms with Crippen LogP contribution in [0.4, 0.5) is 0 Å². The van der Waals surface area contributed by atoms with Crippen LogP contribution < -0.4 is 10.2 Å². The number of benzene rings is 1. The van der Waals surface area contributed by atoms with Gasteiger partial charge in [0.2, 0.25) is 5.91 Å². The van der Waals surface area contributed by atoms with Crippen molar-refractivity contribution in [1.82, 2.24) is 10.2 Å². The molecule has 2 N–H and O–H groups in total. The molecular weight excluding hydrogens is 326 g/mol. The fourth-order valence-corrected chi connectivity index (χ4v) is 4.10. The maximum Gasteiger partial charge on any atom is 0.251 e. The standard InChI is InChI=1S/C21H31N3O2/c1-17-6-2-3-13-23(17)15-5-12-22-21(26)19-10-8-18(9-11-19)16-24-14-4-7-20(24)25/h8-11,17H,2-7,12-16H2,1H3,(H,22,26)/p+1/t17-/m0/s1. The van der Waals surface area contributed by atoms with Gasteiger partial charge in [0.15, 0.2) is 0 Å². The van der Waals surface area contributed by atoms with E-state index in [4.69, 9.17) is 0 Å². The summed E-state index contributed by atoms with van der Waals surface area (Å²) in [5.74, 6) is 0.229. The number of nitrogens with zero attached hydrogens (tertiary/aromatic N) is 1. The highest BCUT2D eigenvalue weighted by Gasteiger charge is 2.21. The number of hydrogen-bond acceptors (Lipinski definition) is 2. The molecule has 3 rings (SSSR count). The van der Waals surface area contributed by atoms with Crippen LogP contribution in [0.15, 0.2) is 24.3 Å². The van der Waals surface area contributed by atoms with Crippen LogP contribution in [0.3, 0.4) is 0 Å². The Hall–Kier alpha value is -1.88. The maximum absolute atomic E-state index is 12.3. The lowest BCUT2D eigenvalue weighted by Gasteiger charge is -2.30. The average molecular weight is 359 g/mol. The van der Waals surface area contributed by atoms with Gasteiger partial charge in [-0.15, -0.1) is 0 Å². The second-order valence-electron chi connectivity index (χ2n) is 7.78. The molecule has 1 aromatic rings. The van der Waals surface area contributed by atoms with Crippen LogP contribution in [0.5, 0.6) is 0 Å². The van der Waals surface area contributed by atoms with Crippen molar-refractivity contribution >= 4 is 11.8 Å². The normalized spacial score (nSPS) is 23.3. The fraction of sp³-hybridized carbons (Fsp3) is 0.619. The summed E-state index contributed by atoms with van der Waals surface area (Å²) in [5.41, 5.74) is 1.78. The molecule has 2 fully saturated rings. The van der Waals surface area contributed by atoms with Crippen LogP contribution >= 0.6 is 0 Å². The highest BCUT2D eigenvalue weighted by molar-refractivity contribution is 5.94. The molecule has 142 valence electrons. The minimum absolute atomic E-state index is 0.00417. The first kappa shape index (κ1) is 18.9. The number of piperidine rings is 1. The number of nitrogens with one attached hydrogen (secondary N) is 2. The first-order chi connectivity index (χ1) is 12.6. The Balaban J connectivity index is 1.39. The summed E-state index contributed by atoms with van der Waals surface area (Å²) in [7, 11) is 0. The molecule has 2 aliphatic rings. The van der Waals surface area contributed by atoms with Crippen LogP contribution in [0.1, 0.15) is 61.4 Å². The molecule has 0 saturated carbocycles. The van der Waals surface area contributed by atoms with Crippen LogP contribution in [-0.4, -0.2) is 48.9 Å². The molecule has 5 nitrogen and oxygen atoms in total. The quantitative estimate of drug-likeness (QED) is 0.724. The number of carbonyl (C=O) groups excluding carboxylic acids is 2. The molecule has 2 amide bonds. The molecule has 2 atom stereocenters. The van der Waals surface area contributed by atoms with E-state index in [0.717, 1.165) is 44.1 Å². The van der Waals surface area contributed by atoms with Crippen LogP contribution in [-0.2, 0) is 11.3 Å². The number of hydrogen-bond donors (Lipinski definition) is 2.